The number of nitrogens with one attached hydrogen (secondary N) is 1. The molecule has 1 N–H and O–H groups in total. The Balaban J connectivity index is 2.17. The van der Waals surface area contributed by atoms with E-state index in [1.807, 2.05) is 12.1 Å². The van der Waals surface area contributed by atoms with E-state index in [2.05, 4.69) is 55.6 Å². The summed E-state index contributed by atoms with van der Waals surface area (Å²) >= 11 is 6.37. The van der Waals surface area contributed by atoms with Gasteiger partial charge in [-0.25, -0.2) is 0 Å². The fourth-order valence-corrected chi connectivity index (χ4v) is 2.78. The number of halogens is 1. The van der Waals surface area contributed by atoms with Gasteiger partial charge in [-0.3, -0.25) is 0 Å². The fourth-order valence-electron chi connectivity index (χ4n) is 2.52. The Morgan fingerprint density at radius 2 is 1.62 bits per heavy atom. The SMILES string of the molecule is CCCNC(Cc1ccc(CC)cc1)c1ccccc1Cl. The predicted octanol–water partition coefficient (Wildman–Crippen LogP) is 5.19. The normalized spacial score (nSPS) is 12.3. The van der Waals surface area contributed by atoms with E-state index in [0.717, 1.165) is 30.8 Å². The van der Waals surface area contributed by atoms with Crippen molar-refractivity contribution in [2.75, 3.05) is 6.54 Å². The molecule has 0 amide bonds. The Morgan fingerprint density at radius 1 is 0.952 bits per heavy atom. The largest absolute Gasteiger partial charge is 0.310 e. The molecule has 2 rings (SSSR count). The average Bonchev–Trinajstić information content (AvgIpc) is 2.53. The maximum atomic E-state index is 6.37. The molecule has 0 radical (unpaired) electrons. The second-order valence-corrected chi connectivity index (χ2v) is 5.81. The zero-order valence-corrected chi connectivity index (χ0v) is 13.7. The van der Waals surface area contributed by atoms with Crippen LogP contribution in [0.2, 0.25) is 5.02 Å². The van der Waals surface area contributed by atoms with E-state index in [1.165, 1.54) is 16.7 Å². The lowest BCUT2D eigenvalue weighted by Crippen LogP contribution is -2.24. The summed E-state index contributed by atoms with van der Waals surface area (Å²) in [4.78, 5) is 0. The minimum atomic E-state index is 0.270. The van der Waals surface area contributed by atoms with Crippen molar-refractivity contribution in [1.29, 1.82) is 0 Å². The fraction of sp³-hybridized carbons (Fsp3) is 0.368. The van der Waals surface area contributed by atoms with Gasteiger partial charge in [0.2, 0.25) is 0 Å². The van der Waals surface area contributed by atoms with Crippen LogP contribution in [0.1, 0.15) is 43.0 Å². The molecule has 0 aliphatic heterocycles. The lowest BCUT2D eigenvalue weighted by atomic mass is 9.97. The van der Waals surface area contributed by atoms with Crippen molar-refractivity contribution in [3.63, 3.8) is 0 Å². The van der Waals surface area contributed by atoms with Crippen LogP contribution in [-0.2, 0) is 12.8 Å². The molecule has 0 spiro atoms. The molecule has 2 heteroatoms. The van der Waals surface area contributed by atoms with Crippen LogP contribution >= 0.6 is 11.6 Å². The molecule has 1 unspecified atom stereocenters. The Bertz CT molecular complexity index is 548. The van der Waals surface area contributed by atoms with E-state index in [9.17, 15) is 0 Å². The van der Waals surface area contributed by atoms with Crippen LogP contribution in [0.3, 0.4) is 0 Å². The molecule has 1 nitrogen and oxygen atoms in total. The van der Waals surface area contributed by atoms with Crippen LogP contribution in [0.5, 0.6) is 0 Å². The predicted molar refractivity (Wildman–Crippen MR) is 92.0 cm³/mol. The van der Waals surface area contributed by atoms with Gasteiger partial charge in [0.05, 0.1) is 0 Å². The maximum absolute atomic E-state index is 6.37. The monoisotopic (exact) mass is 301 g/mol. The minimum Gasteiger partial charge on any atom is -0.310 e. The summed E-state index contributed by atoms with van der Waals surface area (Å²) in [6.07, 6.45) is 3.17. The molecule has 0 heterocycles. The first-order chi connectivity index (χ1) is 10.2. The van der Waals surface area contributed by atoms with Crippen molar-refractivity contribution in [3.8, 4) is 0 Å². The number of hydrogen-bond acceptors (Lipinski definition) is 1. The second kappa shape index (κ2) is 8.21. The lowest BCUT2D eigenvalue weighted by Gasteiger charge is -2.20. The Labute approximate surface area is 133 Å². The number of benzene rings is 2. The van der Waals surface area contributed by atoms with Crippen LogP contribution in [0.25, 0.3) is 0 Å². The molecule has 1 atom stereocenters. The number of hydrogen-bond donors (Lipinski definition) is 1. The van der Waals surface area contributed by atoms with Crippen molar-refractivity contribution in [3.05, 3.63) is 70.2 Å². The standard InChI is InChI=1S/C19H24ClN/c1-3-13-21-19(17-7-5-6-8-18(17)20)14-16-11-9-15(4-2)10-12-16/h5-12,19,21H,3-4,13-14H2,1-2H3. The first kappa shape index (κ1) is 16.1. The molecular weight excluding hydrogens is 278 g/mol. The highest BCUT2D eigenvalue weighted by molar-refractivity contribution is 6.31. The van der Waals surface area contributed by atoms with Crippen LogP contribution in [0.4, 0.5) is 0 Å². The van der Waals surface area contributed by atoms with Gasteiger partial charge in [0.1, 0.15) is 0 Å². The summed E-state index contributed by atoms with van der Waals surface area (Å²) in [6.45, 7) is 5.37. The average molecular weight is 302 g/mol. The molecule has 0 fully saturated rings. The van der Waals surface area contributed by atoms with E-state index in [0.29, 0.717) is 0 Å². The highest BCUT2D eigenvalue weighted by Gasteiger charge is 2.14. The van der Waals surface area contributed by atoms with Crippen molar-refractivity contribution in [2.45, 2.75) is 39.2 Å². The van der Waals surface area contributed by atoms with E-state index < -0.39 is 0 Å². The molecule has 112 valence electrons. The summed E-state index contributed by atoms with van der Waals surface area (Å²) in [5.74, 6) is 0. The van der Waals surface area contributed by atoms with Gasteiger partial charge in [-0.2, -0.15) is 0 Å². The smallest absolute Gasteiger partial charge is 0.0453 e. The van der Waals surface area contributed by atoms with E-state index >= 15 is 0 Å². The van der Waals surface area contributed by atoms with Gasteiger partial charge < -0.3 is 5.32 Å². The van der Waals surface area contributed by atoms with Gasteiger partial charge in [0, 0.05) is 11.1 Å². The van der Waals surface area contributed by atoms with E-state index in [4.69, 9.17) is 11.6 Å². The van der Waals surface area contributed by atoms with Crippen molar-refractivity contribution < 1.29 is 0 Å². The third-order valence-corrected chi connectivity index (χ3v) is 4.14. The first-order valence-electron chi connectivity index (χ1n) is 7.80. The lowest BCUT2D eigenvalue weighted by molar-refractivity contribution is 0.529. The highest BCUT2D eigenvalue weighted by atomic mass is 35.5. The third kappa shape index (κ3) is 4.59. The van der Waals surface area contributed by atoms with Gasteiger partial charge in [-0.15, -0.1) is 0 Å². The Kier molecular flexibility index (Phi) is 6.28. The minimum absolute atomic E-state index is 0.270. The van der Waals surface area contributed by atoms with Crippen LogP contribution in [0, 0.1) is 0 Å². The molecule has 2 aromatic rings. The molecule has 0 aromatic heterocycles. The van der Waals surface area contributed by atoms with Gasteiger partial charge >= 0.3 is 0 Å². The molecule has 0 saturated heterocycles. The van der Waals surface area contributed by atoms with Crippen LogP contribution in [0.15, 0.2) is 48.5 Å². The Morgan fingerprint density at radius 3 is 2.24 bits per heavy atom. The summed E-state index contributed by atoms with van der Waals surface area (Å²) in [5.41, 5.74) is 3.92. The number of rotatable bonds is 7. The van der Waals surface area contributed by atoms with Crippen molar-refractivity contribution >= 4 is 11.6 Å². The third-order valence-electron chi connectivity index (χ3n) is 3.79. The van der Waals surface area contributed by atoms with E-state index in [1.54, 1.807) is 0 Å². The highest BCUT2D eigenvalue weighted by Crippen LogP contribution is 2.25. The second-order valence-electron chi connectivity index (χ2n) is 5.40. The van der Waals surface area contributed by atoms with Gasteiger partial charge in [0.25, 0.3) is 0 Å². The van der Waals surface area contributed by atoms with Crippen molar-refractivity contribution in [2.24, 2.45) is 0 Å². The molecule has 21 heavy (non-hydrogen) atoms. The van der Waals surface area contributed by atoms with E-state index in [-0.39, 0.29) is 6.04 Å². The molecule has 0 aliphatic carbocycles. The topological polar surface area (TPSA) is 12.0 Å². The van der Waals surface area contributed by atoms with Crippen molar-refractivity contribution in [1.82, 2.24) is 5.32 Å². The van der Waals surface area contributed by atoms with Crippen LogP contribution in [-0.4, -0.2) is 6.54 Å². The van der Waals surface area contributed by atoms with Gasteiger partial charge in [-0.05, 0) is 48.6 Å². The summed E-state index contributed by atoms with van der Waals surface area (Å²) in [6, 6.07) is 17.3. The Hall–Kier alpha value is -1.31. The molecular formula is C19H24ClN. The summed E-state index contributed by atoms with van der Waals surface area (Å²) < 4.78 is 0. The quantitative estimate of drug-likeness (QED) is 0.742. The van der Waals surface area contributed by atoms with Gasteiger partial charge in [0.15, 0.2) is 0 Å². The first-order valence-corrected chi connectivity index (χ1v) is 8.18. The molecule has 0 aliphatic rings. The summed E-state index contributed by atoms with van der Waals surface area (Å²) in [7, 11) is 0. The zero-order chi connectivity index (χ0) is 15.1. The summed E-state index contributed by atoms with van der Waals surface area (Å²) in [5, 5.41) is 4.46. The van der Waals surface area contributed by atoms with Gasteiger partial charge in [-0.1, -0.05) is 67.9 Å². The molecule has 0 saturated carbocycles. The molecule has 2 aromatic carbocycles. The number of aryl methyl sites for hydroxylation is 1. The maximum Gasteiger partial charge on any atom is 0.0453 e. The van der Waals surface area contributed by atoms with Crippen LogP contribution < -0.4 is 5.32 Å². The molecule has 0 bridgehead atoms. The zero-order valence-electron chi connectivity index (χ0n) is 12.9.